The lowest BCUT2D eigenvalue weighted by Gasteiger charge is -2.20. The highest BCUT2D eigenvalue weighted by Crippen LogP contribution is 2.32. The predicted molar refractivity (Wildman–Crippen MR) is 68.7 cm³/mol. The van der Waals surface area contributed by atoms with Gasteiger partial charge >= 0.3 is 0 Å². The molecule has 1 aliphatic carbocycles. The summed E-state index contributed by atoms with van der Waals surface area (Å²) in [6, 6.07) is 2.90. The summed E-state index contributed by atoms with van der Waals surface area (Å²) in [5.74, 6) is -1.32. The van der Waals surface area contributed by atoms with Crippen LogP contribution >= 0.6 is 0 Å². The Balaban J connectivity index is 2.09. The summed E-state index contributed by atoms with van der Waals surface area (Å²) in [5, 5.41) is 20.3. The second-order valence-corrected chi connectivity index (χ2v) is 5.01. The van der Waals surface area contributed by atoms with Gasteiger partial charge in [0.1, 0.15) is 5.82 Å². The van der Waals surface area contributed by atoms with E-state index >= 15 is 0 Å². The van der Waals surface area contributed by atoms with Crippen molar-refractivity contribution < 1.29 is 19.2 Å². The van der Waals surface area contributed by atoms with Crippen molar-refractivity contribution in [1.82, 2.24) is 4.90 Å². The largest absolute Gasteiger partial charge is 0.391 e. The monoisotopic (exact) mass is 282 g/mol. The number of carbonyl (C=O) groups excluding carboxylic acids is 1. The van der Waals surface area contributed by atoms with E-state index in [9.17, 15) is 24.4 Å². The number of aliphatic hydroxyl groups excluding tert-OH is 1. The van der Waals surface area contributed by atoms with E-state index in [1.807, 2.05) is 0 Å². The lowest BCUT2D eigenvalue weighted by atomic mass is 10.1. The summed E-state index contributed by atoms with van der Waals surface area (Å²) in [6.45, 7) is 0.125. The molecule has 1 fully saturated rings. The van der Waals surface area contributed by atoms with Crippen molar-refractivity contribution in [2.24, 2.45) is 5.92 Å². The molecule has 0 heterocycles. The van der Waals surface area contributed by atoms with Crippen LogP contribution in [0.4, 0.5) is 10.1 Å². The second kappa shape index (κ2) is 5.54. The minimum atomic E-state index is -0.933. The van der Waals surface area contributed by atoms with E-state index < -0.39 is 28.4 Å². The van der Waals surface area contributed by atoms with Crippen LogP contribution in [-0.4, -0.2) is 40.5 Å². The molecular formula is C13H15FN2O4. The van der Waals surface area contributed by atoms with E-state index in [1.54, 1.807) is 0 Å². The van der Waals surface area contributed by atoms with Gasteiger partial charge in [0.2, 0.25) is 0 Å². The zero-order chi connectivity index (χ0) is 14.9. The van der Waals surface area contributed by atoms with Crippen molar-refractivity contribution in [3.8, 4) is 0 Å². The number of aliphatic hydroxyl groups is 1. The van der Waals surface area contributed by atoms with Gasteiger partial charge in [-0.15, -0.1) is 0 Å². The van der Waals surface area contributed by atoms with Gasteiger partial charge in [-0.1, -0.05) is 0 Å². The van der Waals surface area contributed by atoms with Crippen LogP contribution in [0, 0.1) is 21.8 Å². The Morgan fingerprint density at radius 1 is 1.60 bits per heavy atom. The fourth-order valence-corrected chi connectivity index (χ4v) is 1.99. The molecule has 0 saturated heterocycles. The van der Waals surface area contributed by atoms with Crippen LogP contribution < -0.4 is 0 Å². The molecule has 1 saturated carbocycles. The van der Waals surface area contributed by atoms with Gasteiger partial charge in [0, 0.05) is 19.7 Å². The van der Waals surface area contributed by atoms with Gasteiger partial charge in [-0.25, -0.2) is 4.39 Å². The number of hydrogen-bond acceptors (Lipinski definition) is 4. The first-order chi connectivity index (χ1) is 9.40. The number of nitrogens with zero attached hydrogens (tertiary/aromatic N) is 2. The number of amides is 1. The molecule has 0 radical (unpaired) electrons. The lowest BCUT2D eigenvalue weighted by molar-refractivity contribution is -0.385. The van der Waals surface area contributed by atoms with Crippen LogP contribution in [0.15, 0.2) is 18.2 Å². The molecular weight excluding hydrogens is 267 g/mol. The fraction of sp³-hybridized carbons (Fsp3) is 0.462. The highest BCUT2D eigenvalue weighted by Gasteiger charge is 2.31. The number of rotatable bonds is 5. The summed E-state index contributed by atoms with van der Waals surface area (Å²) in [4.78, 5) is 23.0. The van der Waals surface area contributed by atoms with Crippen LogP contribution in [0.25, 0.3) is 0 Å². The molecule has 20 heavy (non-hydrogen) atoms. The summed E-state index contributed by atoms with van der Waals surface area (Å²) < 4.78 is 13.7. The number of benzene rings is 1. The minimum Gasteiger partial charge on any atom is -0.391 e. The van der Waals surface area contributed by atoms with E-state index in [4.69, 9.17) is 0 Å². The summed E-state index contributed by atoms with van der Waals surface area (Å²) >= 11 is 0. The molecule has 0 aliphatic heterocycles. The van der Waals surface area contributed by atoms with E-state index in [0.717, 1.165) is 31.0 Å². The molecule has 1 amide bonds. The third kappa shape index (κ3) is 3.11. The van der Waals surface area contributed by atoms with Gasteiger partial charge in [0.15, 0.2) is 0 Å². The summed E-state index contributed by atoms with van der Waals surface area (Å²) in [6.07, 6.45) is 1.27. The van der Waals surface area contributed by atoms with E-state index in [1.165, 1.54) is 11.9 Å². The van der Waals surface area contributed by atoms with Crippen molar-refractivity contribution in [1.29, 1.82) is 0 Å². The number of nitro groups is 1. The van der Waals surface area contributed by atoms with Crippen LogP contribution in [0.3, 0.4) is 0 Å². The van der Waals surface area contributed by atoms with E-state index in [2.05, 4.69) is 0 Å². The van der Waals surface area contributed by atoms with Crippen molar-refractivity contribution in [2.45, 2.75) is 18.9 Å². The number of non-ortho nitro benzene ring substituents is 1. The first-order valence-corrected chi connectivity index (χ1v) is 6.27. The van der Waals surface area contributed by atoms with Gasteiger partial charge in [-0.2, -0.15) is 0 Å². The fourth-order valence-electron chi connectivity index (χ4n) is 1.99. The number of halogens is 1. The smallest absolute Gasteiger partial charge is 0.272 e. The third-order valence-corrected chi connectivity index (χ3v) is 3.37. The molecule has 1 unspecified atom stereocenters. The Morgan fingerprint density at radius 2 is 2.25 bits per heavy atom. The number of hydrogen-bond donors (Lipinski definition) is 1. The average Bonchev–Trinajstić information content (AvgIpc) is 3.21. The second-order valence-electron chi connectivity index (χ2n) is 5.01. The highest BCUT2D eigenvalue weighted by molar-refractivity contribution is 5.94. The Bertz CT molecular complexity index is 545. The first-order valence-electron chi connectivity index (χ1n) is 6.27. The Labute approximate surface area is 115 Å². The van der Waals surface area contributed by atoms with Gasteiger partial charge < -0.3 is 10.0 Å². The number of likely N-dealkylation sites (N-methyl/N-ethyl adjacent to an activating group) is 1. The molecule has 1 aromatic rings. The zero-order valence-electron chi connectivity index (χ0n) is 11.0. The van der Waals surface area contributed by atoms with Crippen LogP contribution in [0.5, 0.6) is 0 Å². The molecule has 6 nitrogen and oxygen atoms in total. The van der Waals surface area contributed by atoms with Crippen molar-refractivity contribution in [3.05, 3.63) is 39.7 Å². The number of nitro benzene ring substituents is 1. The summed E-state index contributed by atoms with van der Waals surface area (Å²) in [7, 11) is 1.47. The van der Waals surface area contributed by atoms with Crippen LogP contribution in [0.2, 0.25) is 0 Å². The van der Waals surface area contributed by atoms with Crippen molar-refractivity contribution >= 4 is 11.6 Å². The van der Waals surface area contributed by atoms with E-state index in [-0.39, 0.29) is 18.0 Å². The maximum absolute atomic E-state index is 13.7. The molecule has 2 rings (SSSR count). The molecule has 7 heteroatoms. The lowest BCUT2D eigenvalue weighted by Crippen LogP contribution is -2.35. The quantitative estimate of drug-likeness (QED) is 0.656. The topological polar surface area (TPSA) is 83.7 Å². The molecule has 1 atom stereocenters. The molecule has 0 spiro atoms. The maximum Gasteiger partial charge on any atom is 0.272 e. The van der Waals surface area contributed by atoms with Crippen LogP contribution in [0.1, 0.15) is 23.2 Å². The van der Waals surface area contributed by atoms with Gasteiger partial charge in [0.25, 0.3) is 11.6 Å². The maximum atomic E-state index is 13.7. The first kappa shape index (κ1) is 14.4. The zero-order valence-corrected chi connectivity index (χ0v) is 11.0. The van der Waals surface area contributed by atoms with Gasteiger partial charge in [0.05, 0.1) is 22.7 Å². The third-order valence-electron chi connectivity index (χ3n) is 3.37. The highest BCUT2D eigenvalue weighted by atomic mass is 19.1. The normalized spacial score (nSPS) is 15.8. The van der Waals surface area contributed by atoms with Gasteiger partial charge in [-0.05, 0) is 24.8 Å². The number of carbonyl (C=O) groups is 1. The molecule has 108 valence electrons. The minimum absolute atomic E-state index is 0.125. The standard InChI is InChI=1S/C13H15FN2O4/c1-15(7-12(17)8-2-3-8)13(18)10-5-4-9(16(19)20)6-11(10)14/h4-6,8,12,17H,2-3,7H2,1H3. The molecule has 1 N–H and O–H groups in total. The predicted octanol–water partition coefficient (Wildman–Crippen LogP) is 1.58. The Kier molecular flexibility index (Phi) is 3.99. The van der Waals surface area contributed by atoms with Crippen LogP contribution in [-0.2, 0) is 0 Å². The van der Waals surface area contributed by atoms with Gasteiger partial charge in [-0.3, -0.25) is 14.9 Å². The molecule has 1 aromatic carbocycles. The molecule has 1 aliphatic rings. The molecule has 0 bridgehead atoms. The van der Waals surface area contributed by atoms with E-state index in [0.29, 0.717) is 0 Å². The van der Waals surface area contributed by atoms with Crippen molar-refractivity contribution in [3.63, 3.8) is 0 Å². The SMILES string of the molecule is CN(CC(O)C1CC1)C(=O)c1ccc([N+](=O)[O-])cc1F. The Morgan fingerprint density at radius 3 is 2.75 bits per heavy atom. The molecule has 0 aromatic heterocycles. The Hall–Kier alpha value is -2.02. The van der Waals surface area contributed by atoms with Crippen molar-refractivity contribution in [2.75, 3.05) is 13.6 Å². The summed E-state index contributed by atoms with van der Waals surface area (Å²) in [5.41, 5.74) is -0.638. The average molecular weight is 282 g/mol.